The lowest BCUT2D eigenvalue weighted by Crippen LogP contribution is -2.28. The molecule has 0 aliphatic carbocycles. The zero-order valence-corrected chi connectivity index (χ0v) is 12.5. The molecule has 0 spiro atoms. The summed E-state index contributed by atoms with van der Waals surface area (Å²) in [6.07, 6.45) is 9.12. The predicted octanol–water partition coefficient (Wildman–Crippen LogP) is 3.26. The molecule has 2 rings (SSSR count). The van der Waals surface area contributed by atoms with E-state index in [0.717, 1.165) is 0 Å². The number of oxazole rings is 1. The maximum atomic E-state index is 12.6. The highest BCUT2D eigenvalue weighted by atomic mass is 19.1. The lowest BCUT2D eigenvalue weighted by Gasteiger charge is -2.13. The quantitative estimate of drug-likeness (QED) is 0.655. The molecular formula is C16H18FN3O2. The number of alkyl halides is 1. The van der Waals surface area contributed by atoms with Gasteiger partial charge in [0.05, 0.1) is 5.69 Å². The van der Waals surface area contributed by atoms with Gasteiger partial charge >= 0.3 is 0 Å². The van der Waals surface area contributed by atoms with E-state index in [2.05, 4.69) is 9.97 Å². The first kappa shape index (κ1) is 15.9. The van der Waals surface area contributed by atoms with Crippen LogP contribution in [0.5, 0.6) is 5.75 Å². The smallest absolute Gasteiger partial charge is 0.181 e. The molecule has 0 radical (unpaired) electrons. The van der Waals surface area contributed by atoms with E-state index < -0.39 is 12.2 Å². The molecule has 116 valence electrons. The van der Waals surface area contributed by atoms with Crippen molar-refractivity contribution in [3.63, 3.8) is 0 Å². The number of hydrogen-bond acceptors (Lipinski definition) is 5. The maximum absolute atomic E-state index is 12.6. The normalized spacial score (nSPS) is 12.8. The Labute approximate surface area is 128 Å². The fourth-order valence-electron chi connectivity index (χ4n) is 1.61. The van der Waals surface area contributed by atoms with E-state index in [4.69, 9.17) is 14.9 Å². The number of hydrogen-bond donors (Lipinski definition) is 1. The largest absolute Gasteiger partial charge is 0.457 e. The molecule has 0 aliphatic heterocycles. The summed E-state index contributed by atoms with van der Waals surface area (Å²) >= 11 is 0. The van der Waals surface area contributed by atoms with Crippen LogP contribution in [0.15, 0.2) is 59.4 Å². The third-order valence-corrected chi connectivity index (χ3v) is 2.62. The third kappa shape index (κ3) is 4.82. The van der Waals surface area contributed by atoms with Crippen LogP contribution in [0.3, 0.4) is 0 Å². The van der Waals surface area contributed by atoms with Gasteiger partial charge in [-0.25, -0.2) is 9.37 Å². The van der Waals surface area contributed by atoms with Crippen molar-refractivity contribution in [3.8, 4) is 17.1 Å². The van der Waals surface area contributed by atoms with Gasteiger partial charge in [0.15, 0.2) is 6.39 Å². The fourth-order valence-corrected chi connectivity index (χ4v) is 1.61. The monoisotopic (exact) mass is 303 g/mol. The Balaban J connectivity index is 2.19. The van der Waals surface area contributed by atoms with Gasteiger partial charge in [-0.2, -0.15) is 0 Å². The summed E-state index contributed by atoms with van der Waals surface area (Å²) in [5.74, 6) is 0.894. The van der Waals surface area contributed by atoms with Crippen molar-refractivity contribution in [1.82, 2.24) is 9.97 Å². The Morgan fingerprint density at radius 3 is 2.86 bits per heavy atom. The topological polar surface area (TPSA) is 74.2 Å². The first-order valence-electron chi connectivity index (χ1n) is 6.74. The number of allylic oxidation sites excluding steroid dienone is 2. The Morgan fingerprint density at radius 1 is 1.41 bits per heavy atom. The van der Waals surface area contributed by atoms with Crippen LogP contribution < -0.4 is 10.5 Å². The molecule has 2 aromatic heterocycles. The number of nitrogens with two attached hydrogens (primary N) is 1. The molecule has 6 heteroatoms. The van der Waals surface area contributed by atoms with E-state index in [9.17, 15) is 4.39 Å². The summed E-state index contributed by atoms with van der Waals surface area (Å²) in [4.78, 5) is 8.21. The lowest BCUT2D eigenvalue weighted by atomic mass is 10.1. The van der Waals surface area contributed by atoms with E-state index >= 15 is 0 Å². The summed E-state index contributed by atoms with van der Waals surface area (Å²) in [6.45, 7) is 3.04. The van der Waals surface area contributed by atoms with E-state index in [1.54, 1.807) is 30.5 Å². The maximum Gasteiger partial charge on any atom is 0.181 e. The molecule has 0 amide bonds. The van der Waals surface area contributed by atoms with Crippen LogP contribution in [0, 0.1) is 0 Å². The van der Waals surface area contributed by atoms with Crippen LogP contribution in [0.1, 0.15) is 13.8 Å². The molecule has 5 nitrogen and oxygen atoms in total. The third-order valence-electron chi connectivity index (χ3n) is 2.62. The summed E-state index contributed by atoms with van der Waals surface area (Å²) in [7, 11) is 0. The number of aromatic nitrogens is 2. The van der Waals surface area contributed by atoms with Crippen LogP contribution in [-0.2, 0) is 0 Å². The van der Waals surface area contributed by atoms with Crippen molar-refractivity contribution < 1.29 is 13.5 Å². The molecule has 0 atom stereocenters. The van der Waals surface area contributed by atoms with Crippen LogP contribution in [0.4, 0.5) is 4.39 Å². The number of pyridine rings is 1. The molecule has 0 fully saturated rings. The average molecular weight is 303 g/mol. The van der Waals surface area contributed by atoms with Gasteiger partial charge in [0.2, 0.25) is 0 Å². The van der Waals surface area contributed by atoms with Gasteiger partial charge in [0.25, 0.3) is 0 Å². The number of ether oxygens (including phenoxy) is 1. The molecule has 0 aromatic carbocycles. The first-order chi connectivity index (χ1) is 10.5. The molecule has 0 bridgehead atoms. The summed E-state index contributed by atoms with van der Waals surface area (Å²) < 4.78 is 23.2. The Kier molecular flexibility index (Phi) is 5.06. The van der Waals surface area contributed by atoms with Crippen molar-refractivity contribution in [2.24, 2.45) is 5.73 Å². The van der Waals surface area contributed by atoms with Crippen LogP contribution in [0.25, 0.3) is 11.4 Å². The summed E-state index contributed by atoms with van der Waals surface area (Å²) in [6, 6.07) is 3.38. The second-order valence-corrected chi connectivity index (χ2v) is 5.27. The number of nitrogens with zero attached hydrogens (tertiary/aromatic N) is 2. The van der Waals surface area contributed by atoms with E-state index in [1.807, 2.05) is 13.8 Å². The Morgan fingerprint density at radius 2 is 2.23 bits per heavy atom. The molecule has 22 heavy (non-hydrogen) atoms. The Bertz CT molecular complexity index is 658. The zero-order valence-electron chi connectivity index (χ0n) is 12.5. The molecule has 0 unspecified atom stereocenters. The highest BCUT2D eigenvalue weighted by Crippen LogP contribution is 2.21. The number of halogens is 1. The molecule has 0 saturated heterocycles. The number of rotatable bonds is 6. The van der Waals surface area contributed by atoms with Gasteiger partial charge in [0.1, 0.15) is 30.1 Å². The minimum atomic E-state index is -0.633. The van der Waals surface area contributed by atoms with Crippen molar-refractivity contribution in [1.29, 1.82) is 0 Å². The highest BCUT2D eigenvalue weighted by Gasteiger charge is 2.07. The van der Waals surface area contributed by atoms with Crippen LogP contribution in [-0.4, -0.2) is 22.2 Å². The highest BCUT2D eigenvalue weighted by molar-refractivity contribution is 5.54. The van der Waals surface area contributed by atoms with Gasteiger partial charge in [0, 0.05) is 17.8 Å². The molecule has 2 heterocycles. The first-order valence-corrected chi connectivity index (χ1v) is 6.74. The van der Waals surface area contributed by atoms with Crippen molar-refractivity contribution in [2.75, 3.05) is 6.67 Å². The molecule has 0 saturated carbocycles. The van der Waals surface area contributed by atoms with Crippen molar-refractivity contribution in [2.45, 2.75) is 19.4 Å². The summed E-state index contributed by atoms with van der Waals surface area (Å²) in [5, 5.41) is 0. The van der Waals surface area contributed by atoms with Gasteiger partial charge in [-0.1, -0.05) is 6.08 Å². The van der Waals surface area contributed by atoms with Gasteiger partial charge in [-0.3, -0.25) is 4.98 Å². The van der Waals surface area contributed by atoms with E-state index in [-0.39, 0.29) is 0 Å². The van der Waals surface area contributed by atoms with Gasteiger partial charge < -0.3 is 14.9 Å². The van der Waals surface area contributed by atoms with Crippen LogP contribution >= 0.6 is 0 Å². The minimum absolute atomic E-state index is 0.373. The van der Waals surface area contributed by atoms with E-state index in [0.29, 0.717) is 22.9 Å². The Hall–Kier alpha value is -2.47. The minimum Gasteiger partial charge on any atom is -0.457 e. The van der Waals surface area contributed by atoms with Gasteiger partial charge in [-0.05, 0) is 32.1 Å². The molecule has 2 aromatic rings. The second-order valence-electron chi connectivity index (χ2n) is 5.27. The second kappa shape index (κ2) is 7.00. The molecular weight excluding hydrogens is 285 g/mol. The van der Waals surface area contributed by atoms with E-state index in [1.165, 1.54) is 18.7 Å². The fraction of sp³-hybridized carbons (Fsp3) is 0.250. The molecule has 2 N–H and O–H groups in total. The van der Waals surface area contributed by atoms with Crippen molar-refractivity contribution >= 4 is 0 Å². The molecule has 0 aliphatic rings. The lowest BCUT2D eigenvalue weighted by molar-refractivity contribution is 0.433. The summed E-state index contributed by atoms with van der Waals surface area (Å²) in [5.41, 5.74) is 6.56. The van der Waals surface area contributed by atoms with Gasteiger partial charge in [-0.15, -0.1) is 0 Å². The SMILES string of the molecule is CC(C)(N)/C=C\C(=C/CF)Oc1ccnc(-c2cocn2)c1. The van der Waals surface area contributed by atoms with Crippen LogP contribution in [0.2, 0.25) is 0 Å². The zero-order chi connectivity index (χ0) is 16.0. The average Bonchev–Trinajstić information content (AvgIpc) is 2.99. The predicted molar refractivity (Wildman–Crippen MR) is 81.8 cm³/mol. The van der Waals surface area contributed by atoms with Crippen molar-refractivity contribution in [3.05, 3.63) is 55.0 Å². The standard InChI is InChI=1S/C16H18FN3O2/c1-16(2,18)6-3-12(4-7-17)22-13-5-8-19-14(9-13)15-10-21-11-20-15/h3-6,8-11H,7,18H2,1-2H3/b6-3-,12-4+.